The molecule has 2 aliphatic heterocycles. The van der Waals surface area contributed by atoms with Gasteiger partial charge in [0, 0.05) is 0 Å². The van der Waals surface area contributed by atoms with Gasteiger partial charge in [-0.1, -0.05) is 146 Å². The average molecular weight is 900 g/mol. The van der Waals surface area contributed by atoms with Gasteiger partial charge in [0.15, 0.2) is 0 Å². The minimum atomic E-state index is -11.2. The third-order valence-corrected chi connectivity index (χ3v) is 8.86. The van der Waals surface area contributed by atoms with Crippen LogP contribution in [0.4, 0.5) is 16.9 Å². The van der Waals surface area contributed by atoms with Gasteiger partial charge in [0.25, 0.3) is 0 Å². The van der Waals surface area contributed by atoms with Crippen molar-refractivity contribution in [3.8, 4) is 44.5 Å². The Morgan fingerprint density at radius 1 is 0.321 bits per heavy atom. The zero-order valence-corrected chi connectivity index (χ0v) is 32.9. The maximum absolute atomic E-state index is 11.2. The second-order valence-corrected chi connectivity index (χ2v) is 18.3. The summed E-state index contributed by atoms with van der Waals surface area (Å²) < 4.78 is 59.6. The van der Waals surface area contributed by atoms with Crippen LogP contribution in [0.1, 0.15) is 22.8 Å². The Labute approximate surface area is 331 Å². The molecule has 0 spiro atoms. The Morgan fingerprint density at radius 3 is 0.714 bits per heavy atom. The van der Waals surface area contributed by atoms with E-state index in [2.05, 4.69) is 146 Å². The first-order valence-electron chi connectivity index (χ1n) is 17.1. The number of hydrogen-bond donors (Lipinski definition) is 0. The predicted octanol–water partition coefficient (Wildman–Crippen LogP) is 12.7. The molecule has 2 aliphatic rings. The second kappa shape index (κ2) is 14.5. The molecule has 277 valence electrons. The van der Waals surface area contributed by atoms with Crippen LogP contribution in [0.2, 0.25) is 0 Å². The van der Waals surface area contributed by atoms with Crippen molar-refractivity contribution in [2.24, 2.45) is 0 Å². The number of aromatic nitrogens is 4. The number of fused-ring (bicyclic) bond motifs is 8. The average Bonchev–Trinajstić information content (AvgIpc) is 4.00. The predicted molar refractivity (Wildman–Crippen MR) is 211 cm³/mol. The van der Waals surface area contributed by atoms with Crippen LogP contribution in [-0.2, 0) is 17.4 Å². The van der Waals surface area contributed by atoms with E-state index in [1.54, 1.807) is 0 Å². The molecule has 0 fully saturated rings. The molecule has 0 saturated carbocycles. The fraction of sp³-hybridized carbons (Fsp3) is 0. The topological polar surface area (TPSA) is 54.0 Å². The van der Waals surface area contributed by atoms with E-state index in [-0.39, 0.29) is 17.4 Å². The fourth-order valence-corrected chi connectivity index (χ4v) is 6.69. The summed E-state index contributed by atoms with van der Waals surface area (Å²) in [5.41, 5.74) is 15.0. The van der Waals surface area contributed by atoms with Crippen molar-refractivity contribution in [2.75, 3.05) is 0 Å². The van der Waals surface area contributed by atoms with Crippen molar-refractivity contribution in [3.63, 3.8) is 0 Å². The van der Waals surface area contributed by atoms with Crippen LogP contribution < -0.4 is 9.97 Å². The van der Waals surface area contributed by atoms with Crippen LogP contribution in [0.5, 0.6) is 0 Å². The molecule has 7 aromatic rings. The molecule has 0 unspecified atom stereocenters. The number of benzene rings is 4. The molecule has 0 aliphatic carbocycles. The molecule has 3 aromatic heterocycles. The Bertz CT molecular complexity index is 2430. The Hall–Kier alpha value is -5.59. The molecule has 0 atom stereocenters. The van der Waals surface area contributed by atoms with Crippen LogP contribution in [-0.4, -0.2) is 29.4 Å². The summed E-state index contributed by atoms with van der Waals surface area (Å²) in [6.45, 7) is 0. The molecule has 0 saturated heterocycles. The van der Waals surface area contributed by atoms with E-state index in [1.165, 1.54) is 0 Å². The van der Waals surface area contributed by atoms with E-state index in [1.807, 2.05) is 24.3 Å². The van der Waals surface area contributed by atoms with Gasteiger partial charge in [0.05, 0.1) is 22.8 Å². The van der Waals surface area contributed by atoms with Crippen LogP contribution in [0, 0.1) is 0 Å². The summed E-state index contributed by atoms with van der Waals surface area (Å²) in [4.78, 5) is 21.2. The molecule has 4 nitrogen and oxygen atoms in total. The van der Waals surface area contributed by atoms with Crippen LogP contribution >= 0.6 is 0 Å². The summed E-state index contributed by atoms with van der Waals surface area (Å²) in [7, 11) is 0. The molecule has 1 radical (unpaired) electrons. The first-order valence-corrected chi connectivity index (χ1v) is 22.9. The zero-order chi connectivity index (χ0) is 38.3. The molecule has 0 N–H and O–H groups in total. The van der Waals surface area contributed by atoms with Crippen molar-refractivity contribution < 1.29 is 34.2 Å². The molecular weight excluding hydrogens is 872 g/mol. The molecular formula is C44H28CrF6N4Sb. The number of hydrogen-bond acceptors (Lipinski definition) is 2. The standard InChI is InChI=1S/C44H28N4.Cr.6FH.Sb/c1-5-13-29(14-6-1)41-33-21-23-35(45-33)42(30-15-7-2-8-16-30)37-25-27-39(47-37)44(32-19-11-4-12-20-32)40-28-26-38(48-40)43(31-17-9-3-10-18-31)36-24-22-34(41)46-36;;;;;;;;/h1-28H;;6*1H;/q-2;+3;;;;;;;+5/p-6. The molecule has 5 heterocycles. The van der Waals surface area contributed by atoms with Crippen LogP contribution in [0.3, 0.4) is 0 Å². The quantitative estimate of drug-likeness (QED) is 0.130. The van der Waals surface area contributed by atoms with Gasteiger partial charge < -0.3 is 9.97 Å². The summed E-state index contributed by atoms with van der Waals surface area (Å²) in [5.74, 6) is 0. The first-order chi connectivity index (χ1) is 26.2. The van der Waals surface area contributed by atoms with Crippen LogP contribution in [0.25, 0.3) is 90.9 Å². The first kappa shape index (κ1) is 38.7. The summed E-state index contributed by atoms with van der Waals surface area (Å²) in [6, 6.07) is 50.0. The third-order valence-electron chi connectivity index (χ3n) is 8.86. The van der Waals surface area contributed by atoms with E-state index in [0.29, 0.717) is 0 Å². The number of nitrogens with zero attached hydrogens (tertiary/aromatic N) is 4. The molecule has 4 aromatic carbocycles. The normalized spacial score (nSPS) is 13.2. The number of rotatable bonds is 4. The zero-order valence-electron chi connectivity index (χ0n) is 29.1. The Balaban J connectivity index is 0.000000552. The van der Waals surface area contributed by atoms with Crippen molar-refractivity contribution in [1.29, 1.82) is 0 Å². The third kappa shape index (κ3) is 8.93. The van der Waals surface area contributed by atoms with Gasteiger partial charge in [-0.25, -0.2) is 9.97 Å². The van der Waals surface area contributed by atoms with Gasteiger partial charge in [-0.15, -0.1) is 22.1 Å². The molecule has 9 rings (SSSR count). The van der Waals surface area contributed by atoms with Crippen molar-refractivity contribution in [1.82, 2.24) is 19.9 Å². The summed E-state index contributed by atoms with van der Waals surface area (Å²) in [6.07, 6.45) is 8.41. The molecule has 12 heteroatoms. The van der Waals surface area contributed by atoms with Gasteiger partial charge in [0.1, 0.15) is 0 Å². The fourth-order valence-electron chi connectivity index (χ4n) is 6.69. The molecule has 8 bridgehead atoms. The second-order valence-electron chi connectivity index (χ2n) is 12.8. The summed E-state index contributed by atoms with van der Waals surface area (Å²) >= 11 is -11.2. The van der Waals surface area contributed by atoms with Crippen molar-refractivity contribution in [2.45, 2.75) is 0 Å². The summed E-state index contributed by atoms with van der Waals surface area (Å²) in [5, 5.41) is 0. The van der Waals surface area contributed by atoms with Gasteiger partial charge in [-0.3, -0.25) is 0 Å². The Kier molecular flexibility index (Phi) is 10.0. The van der Waals surface area contributed by atoms with Crippen molar-refractivity contribution >= 4 is 65.8 Å². The van der Waals surface area contributed by atoms with E-state index in [0.717, 1.165) is 89.4 Å². The van der Waals surface area contributed by atoms with Crippen molar-refractivity contribution in [3.05, 3.63) is 168 Å². The van der Waals surface area contributed by atoms with E-state index >= 15 is 0 Å². The van der Waals surface area contributed by atoms with E-state index in [9.17, 15) is 16.9 Å². The van der Waals surface area contributed by atoms with Crippen LogP contribution in [0.15, 0.2) is 146 Å². The van der Waals surface area contributed by atoms with Gasteiger partial charge >= 0.3 is 53.7 Å². The monoisotopic (exact) mass is 899 g/mol. The van der Waals surface area contributed by atoms with Gasteiger partial charge in [-0.2, -0.15) is 0 Å². The van der Waals surface area contributed by atoms with Gasteiger partial charge in [0.2, 0.25) is 0 Å². The Morgan fingerprint density at radius 2 is 0.518 bits per heavy atom. The van der Waals surface area contributed by atoms with Gasteiger partial charge in [-0.05, 0) is 68.8 Å². The molecule has 56 heavy (non-hydrogen) atoms. The number of halogens is 6. The maximum atomic E-state index is 9.93. The van der Waals surface area contributed by atoms with E-state index in [4.69, 9.17) is 19.9 Å². The minimum absolute atomic E-state index is 0. The molecule has 0 amide bonds. The van der Waals surface area contributed by atoms with E-state index < -0.39 is 19.5 Å². The SMILES string of the molecule is C1=Cc2nc1c(-c1ccccc1)c1ccc([n-]1)c(-c1ccccc1)c1nc(c(-c3ccccc3)c3ccc([n-]3)c2-c2ccccc2)C=C1.[Cr+3].[F][Sb-]([F])([F])([F])([F])[F].